The molecule has 0 fully saturated rings. The van der Waals surface area contributed by atoms with E-state index in [2.05, 4.69) is 0 Å². The molecule has 0 spiro atoms. The molecule has 0 aliphatic rings. The van der Waals surface area contributed by atoms with Gasteiger partial charge in [0.15, 0.2) is 11.6 Å². The Balaban J connectivity index is 0. The number of hydrogen-bond acceptors (Lipinski definition) is 4. The molecule has 0 radical (unpaired) electrons. The largest absolute Gasteiger partial charge is 0.495 e. The molecule has 30 heavy (non-hydrogen) atoms. The zero-order chi connectivity index (χ0) is 17.6. The Morgan fingerprint density at radius 2 is 1.63 bits per heavy atom. The second-order valence-electron chi connectivity index (χ2n) is 5.99. The zero-order valence-corrected chi connectivity index (χ0v) is 18.3. The summed E-state index contributed by atoms with van der Waals surface area (Å²) >= 11 is 0. The van der Waals surface area contributed by atoms with E-state index < -0.39 is 0 Å². The summed E-state index contributed by atoms with van der Waals surface area (Å²) in [4.78, 5) is 19.5. The number of nitrogens with zero attached hydrogens (tertiary/aromatic N) is 4. The predicted molar refractivity (Wildman–Crippen MR) is 125 cm³/mol. The molecule has 3 heterocycles. The lowest BCUT2D eigenvalue weighted by Crippen LogP contribution is -2.22. The standard InChI is InChI=1S/C19H18N4O2.2ClH.3H2O/c1-21(2)19-18(20-15-9-4-5-12-22(15)19)23-16(24)11-10-13-7-6-8-14(25-3)17(13)23;;;;;/h4-12H,1-3H3;2*1H;3*1H2. The van der Waals surface area contributed by atoms with Crippen molar-refractivity contribution >= 4 is 47.2 Å². The molecule has 0 bridgehead atoms. The number of rotatable bonds is 3. The Morgan fingerprint density at radius 3 is 2.27 bits per heavy atom. The van der Waals surface area contributed by atoms with Crippen molar-refractivity contribution in [1.29, 1.82) is 0 Å². The third-order valence-electron chi connectivity index (χ3n) is 4.22. The third kappa shape index (κ3) is 4.50. The van der Waals surface area contributed by atoms with E-state index in [-0.39, 0.29) is 46.8 Å². The Hall–Kier alpha value is -2.82. The molecule has 9 nitrogen and oxygen atoms in total. The molecule has 4 aromatic rings. The highest BCUT2D eigenvalue weighted by Gasteiger charge is 2.19. The second-order valence-corrected chi connectivity index (χ2v) is 5.99. The van der Waals surface area contributed by atoms with Gasteiger partial charge in [-0.3, -0.25) is 13.8 Å². The molecule has 1 aromatic carbocycles. The van der Waals surface area contributed by atoms with Crippen LogP contribution in [0, 0.1) is 0 Å². The van der Waals surface area contributed by atoms with E-state index in [1.165, 1.54) is 0 Å². The van der Waals surface area contributed by atoms with Crippen molar-refractivity contribution in [2.24, 2.45) is 0 Å². The maximum absolute atomic E-state index is 12.8. The Kier molecular flexibility index (Phi) is 11.2. The minimum absolute atomic E-state index is 0. The summed E-state index contributed by atoms with van der Waals surface area (Å²) in [6.07, 6.45) is 1.94. The molecule has 3 aromatic heterocycles. The Morgan fingerprint density at radius 1 is 0.933 bits per heavy atom. The van der Waals surface area contributed by atoms with Crippen molar-refractivity contribution in [2.75, 3.05) is 26.1 Å². The molecule has 0 amide bonds. The van der Waals surface area contributed by atoms with Crippen molar-refractivity contribution in [2.45, 2.75) is 0 Å². The number of methoxy groups -OCH3 is 1. The van der Waals surface area contributed by atoms with Crippen molar-refractivity contribution < 1.29 is 21.2 Å². The molecule has 166 valence electrons. The minimum atomic E-state index is -0.150. The molecule has 0 unspecified atom stereocenters. The number of halogens is 2. The summed E-state index contributed by atoms with van der Waals surface area (Å²) in [6, 6.07) is 14.9. The number of para-hydroxylation sites is 1. The van der Waals surface area contributed by atoms with Gasteiger partial charge in [0.2, 0.25) is 0 Å². The van der Waals surface area contributed by atoms with Gasteiger partial charge in [-0.15, -0.1) is 24.8 Å². The smallest absolute Gasteiger partial charge is 0.257 e. The minimum Gasteiger partial charge on any atom is -0.495 e. The van der Waals surface area contributed by atoms with Crippen molar-refractivity contribution in [1.82, 2.24) is 14.0 Å². The average molecular weight is 461 g/mol. The van der Waals surface area contributed by atoms with Crippen LogP contribution in [0.4, 0.5) is 5.82 Å². The van der Waals surface area contributed by atoms with Gasteiger partial charge in [-0.2, -0.15) is 0 Å². The number of imidazole rings is 1. The first-order valence-electron chi connectivity index (χ1n) is 7.95. The lowest BCUT2D eigenvalue weighted by molar-refractivity contribution is 0.418. The van der Waals surface area contributed by atoms with Gasteiger partial charge in [-0.25, -0.2) is 4.98 Å². The first kappa shape index (κ1) is 29.4. The topological polar surface area (TPSA) is 146 Å². The second kappa shape index (κ2) is 11.4. The summed E-state index contributed by atoms with van der Waals surface area (Å²) in [5.74, 6) is 2.05. The average Bonchev–Trinajstić information content (AvgIpc) is 3.00. The van der Waals surface area contributed by atoms with E-state index in [1.54, 1.807) is 17.7 Å². The van der Waals surface area contributed by atoms with E-state index in [9.17, 15) is 4.79 Å². The number of fused-ring (bicyclic) bond motifs is 2. The monoisotopic (exact) mass is 460 g/mol. The van der Waals surface area contributed by atoms with Crippen LogP contribution in [0.5, 0.6) is 5.75 Å². The van der Waals surface area contributed by atoms with Crippen LogP contribution < -0.4 is 15.2 Å². The molecule has 0 saturated carbocycles. The summed E-state index contributed by atoms with van der Waals surface area (Å²) < 4.78 is 9.10. The number of aromatic nitrogens is 3. The number of hydrogen-bond donors (Lipinski definition) is 0. The fourth-order valence-corrected chi connectivity index (χ4v) is 3.17. The lowest BCUT2D eigenvalue weighted by atomic mass is 10.2. The van der Waals surface area contributed by atoms with Gasteiger partial charge >= 0.3 is 0 Å². The highest BCUT2D eigenvalue weighted by Crippen LogP contribution is 2.30. The van der Waals surface area contributed by atoms with E-state index in [0.29, 0.717) is 17.1 Å². The van der Waals surface area contributed by atoms with Crippen LogP contribution in [-0.2, 0) is 0 Å². The van der Waals surface area contributed by atoms with E-state index >= 15 is 0 Å². The van der Waals surface area contributed by atoms with Gasteiger partial charge in [-0.05, 0) is 24.3 Å². The normalized spacial score (nSPS) is 9.30. The van der Waals surface area contributed by atoms with Crippen molar-refractivity contribution in [3.63, 3.8) is 0 Å². The van der Waals surface area contributed by atoms with Gasteiger partial charge in [0.1, 0.15) is 16.9 Å². The maximum atomic E-state index is 12.8. The number of ether oxygens (including phenoxy) is 1. The fourth-order valence-electron chi connectivity index (χ4n) is 3.17. The van der Waals surface area contributed by atoms with Crippen LogP contribution in [0.3, 0.4) is 0 Å². The lowest BCUT2D eigenvalue weighted by Gasteiger charge is -2.17. The molecular formula is C19H26Cl2N4O5. The Labute approximate surface area is 185 Å². The number of anilines is 1. The number of pyridine rings is 2. The third-order valence-corrected chi connectivity index (χ3v) is 4.22. The first-order chi connectivity index (χ1) is 12.1. The molecule has 4 rings (SSSR count). The van der Waals surface area contributed by atoms with Gasteiger partial charge in [0.25, 0.3) is 5.56 Å². The van der Waals surface area contributed by atoms with Crippen LogP contribution in [0.2, 0.25) is 0 Å². The van der Waals surface area contributed by atoms with Gasteiger partial charge in [-0.1, -0.05) is 18.2 Å². The van der Waals surface area contributed by atoms with E-state index in [4.69, 9.17) is 9.72 Å². The molecule has 0 atom stereocenters. The molecular weight excluding hydrogens is 435 g/mol. The van der Waals surface area contributed by atoms with Gasteiger partial charge in [0, 0.05) is 31.7 Å². The molecule has 11 heteroatoms. The fraction of sp³-hybridized carbons (Fsp3) is 0.158. The highest BCUT2D eigenvalue weighted by atomic mass is 35.5. The molecule has 0 aliphatic heterocycles. The zero-order valence-electron chi connectivity index (χ0n) is 16.6. The summed E-state index contributed by atoms with van der Waals surface area (Å²) in [5.41, 5.74) is 1.34. The van der Waals surface area contributed by atoms with E-state index in [0.717, 1.165) is 16.9 Å². The predicted octanol–water partition coefficient (Wildman–Crippen LogP) is 1.08. The van der Waals surface area contributed by atoms with Gasteiger partial charge in [0.05, 0.1) is 7.11 Å². The van der Waals surface area contributed by atoms with Crippen molar-refractivity contribution in [3.05, 3.63) is 65.1 Å². The summed E-state index contributed by atoms with van der Waals surface area (Å²) in [7, 11) is 5.48. The van der Waals surface area contributed by atoms with E-state index in [1.807, 2.05) is 72.1 Å². The van der Waals surface area contributed by atoms with Crippen LogP contribution in [-0.4, -0.2) is 51.6 Å². The first-order valence-corrected chi connectivity index (χ1v) is 7.95. The SMILES string of the molecule is COc1cccc2ccc(=O)n(-c3nc4ccccn4c3N(C)C)c12.Cl.Cl.O.O.O. The molecule has 0 saturated heterocycles. The van der Waals surface area contributed by atoms with Crippen LogP contribution in [0.15, 0.2) is 59.5 Å². The quantitative estimate of drug-likeness (QED) is 0.449. The summed E-state index contributed by atoms with van der Waals surface area (Å²) in [6.45, 7) is 0. The van der Waals surface area contributed by atoms with Crippen molar-refractivity contribution in [3.8, 4) is 11.6 Å². The highest BCUT2D eigenvalue weighted by molar-refractivity contribution is 5.87. The maximum Gasteiger partial charge on any atom is 0.257 e. The molecule has 0 aliphatic carbocycles. The van der Waals surface area contributed by atoms with Crippen LogP contribution in [0.1, 0.15) is 0 Å². The summed E-state index contributed by atoms with van der Waals surface area (Å²) in [5, 5.41) is 0.917. The van der Waals surface area contributed by atoms with Crippen LogP contribution in [0.25, 0.3) is 22.4 Å². The van der Waals surface area contributed by atoms with Crippen LogP contribution >= 0.6 is 24.8 Å². The Bertz CT molecular complexity index is 1160. The van der Waals surface area contributed by atoms with Gasteiger partial charge < -0.3 is 26.1 Å². The number of benzene rings is 1. The molecule has 6 N–H and O–H groups in total.